The van der Waals surface area contributed by atoms with Gasteiger partial charge in [0.05, 0.1) is 4.92 Å². The maximum Gasteiger partial charge on any atom is 0.317 e. The number of thioether (sulfide) groups is 1. The predicted molar refractivity (Wildman–Crippen MR) is 58.5 cm³/mol. The minimum Gasteiger partial charge on any atom is -0.480 e. The van der Waals surface area contributed by atoms with Crippen molar-refractivity contribution in [1.29, 1.82) is 0 Å². The molecule has 16 heavy (non-hydrogen) atoms. The average Bonchev–Trinajstić information content (AvgIpc) is 2.25. The van der Waals surface area contributed by atoms with Crippen LogP contribution in [0.4, 0.5) is 5.69 Å². The third-order valence-electron chi connectivity index (χ3n) is 1.85. The van der Waals surface area contributed by atoms with Crippen LogP contribution in [0.25, 0.3) is 0 Å². The van der Waals surface area contributed by atoms with Crippen molar-refractivity contribution in [3.63, 3.8) is 0 Å². The molecule has 1 atom stereocenters. The number of nitro groups is 1. The van der Waals surface area contributed by atoms with Crippen molar-refractivity contribution < 1.29 is 14.8 Å². The Labute approximate surface area is 95.8 Å². The van der Waals surface area contributed by atoms with Gasteiger partial charge in [-0.1, -0.05) is 18.7 Å². The summed E-state index contributed by atoms with van der Waals surface area (Å²) in [4.78, 5) is 24.7. The number of carboxylic acid groups (broad SMARTS) is 1. The van der Waals surface area contributed by atoms with Crippen LogP contribution in [-0.4, -0.2) is 26.2 Å². The molecule has 0 fully saturated rings. The lowest BCUT2D eigenvalue weighted by Crippen LogP contribution is -2.15. The lowest BCUT2D eigenvalue weighted by atomic mass is 10.3. The first-order valence-corrected chi connectivity index (χ1v) is 5.43. The van der Waals surface area contributed by atoms with E-state index in [1.165, 1.54) is 18.3 Å². The topological polar surface area (TPSA) is 93.3 Å². The van der Waals surface area contributed by atoms with Crippen molar-refractivity contribution in [1.82, 2.24) is 4.98 Å². The zero-order valence-corrected chi connectivity index (χ0v) is 9.31. The van der Waals surface area contributed by atoms with Gasteiger partial charge in [0, 0.05) is 12.3 Å². The smallest absolute Gasteiger partial charge is 0.317 e. The van der Waals surface area contributed by atoms with Crippen LogP contribution in [0.15, 0.2) is 23.4 Å². The molecule has 7 heteroatoms. The highest BCUT2D eigenvalue weighted by Gasteiger charge is 2.23. The number of aliphatic carboxylic acids is 1. The van der Waals surface area contributed by atoms with Crippen LogP contribution in [0.3, 0.4) is 0 Å². The fourth-order valence-electron chi connectivity index (χ4n) is 1.06. The lowest BCUT2D eigenvalue weighted by molar-refractivity contribution is -0.388. The van der Waals surface area contributed by atoms with E-state index in [2.05, 4.69) is 4.98 Å². The van der Waals surface area contributed by atoms with Crippen molar-refractivity contribution in [2.24, 2.45) is 0 Å². The summed E-state index contributed by atoms with van der Waals surface area (Å²) >= 11 is 0.899. The zero-order chi connectivity index (χ0) is 12.1. The van der Waals surface area contributed by atoms with Crippen LogP contribution in [0.1, 0.15) is 13.3 Å². The Kier molecular flexibility index (Phi) is 4.24. The van der Waals surface area contributed by atoms with Crippen molar-refractivity contribution in [3.05, 3.63) is 28.4 Å². The van der Waals surface area contributed by atoms with E-state index in [-0.39, 0.29) is 10.7 Å². The number of pyridine rings is 1. The summed E-state index contributed by atoms with van der Waals surface area (Å²) in [5, 5.41) is 18.9. The van der Waals surface area contributed by atoms with Gasteiger partial charge in [-0.25, -0.2) is 4.98 Å². The molecular weight excluding hydrogens is 232 g/mol. The van der Waals surface area contributed by atoms with Crippen LogP contribution in [0.2, 0.25) is 0 Å². The van der Waals surface area contributed by atoms with Gasteiger partial charge in [-0.15, -0.1) is 0 Å². The Morgan fingerprint density at radius 2 is 2.44 bits per heavy atom. The molecule has 0 spiro atoms. The minimum atomic E-state index is -0.993. The third kappa shape index (κ3) is 2.93. The summed E-state index contributed by atoms with van der Waals surface area (Å²) in [6.07, 6.45) is 1.79. The molecule has 0 saturated heterocycles. The normalized spacial score (nSPS) is 12.1. The molecule has 0 bridgehead atoms. The van der Waals surface area contributed by atoms with Gasteiger partial charge < -0.3 is 5.11 Å². The number of aromatic nitrogens is 1. The van der Waals surface area contributed by atoms with Gasteiger partial charge in [0.2, 0.25) is 0 Å². The van der Waals surface area contributed by atoms with E-state index >= 15 is 0 Å². The summed E-state index contributed by atoms with van der Waals surface area (Å²) in [5.41, 5.74) is -0.160. The fourth-order valence-corrected chi connectivity index (χ4v) is 1.98. The number of hydrogen-bond acceptors (Lipinski definition) is 5. The number of carboxylic acids is 1. The highest BCUT2D eigenvalue weighted by Crippen LogP contribution is 2.30. The van der Waals surface area contributed by atoms with Crippen LogP contribution < -0.4 is 0 Å². The summed E-state index contributed by atoms with van der Waals surface area (Å²) in [6.45, 7) is 1.71. The molecule has 0 aliphatic heterocycles. The van der Waals surface area contributed by atoms with Crippen LogP contribution in [0, 0.1) is 10.1 Å². The van der Waals surface area contributed by atoms with E-state index < -0.39 is 16.1 Å². The third-order valence-corrected chi connectivity index (χ3v) is 3.21. The molecule has 0 aliphatic carbocycles. The van der Waals surface area contributed by atoms with Crippen molar-refractivity contribution in [2.75, 3.05) is 0 Å². The lowest BCUT2D eigenvalue weighted by Gasteiger charge is -2.08. The molecule has 1 N–H and O–H groups in total. The minimum absolute atomic E-state index is 0.141. The quantitative estimate of drug-likeness (QED) is 0.482. The first-order valence-electron chi connectivity index (χ1n) is 4.55. The van der Waals surface area contributed by atoms with E-state index in [9.17, 15) is 14.9 Å². The second kappa shape index (κ2) is 5.45. The van der Waals surface area contributed by atoms with E-state index in [0.717, 1.165) is 11.8 Å². The second-order valence-corrected chi connectivity index (χ2v) is 4.13. The largest absolute Gasteiger partial charge is 0.480 e. The van der Waals surface area contributed by atoms with E-state index in [0.29, 0.717) is 6.42 Å². The van der Waals surface area contributed by atoms with E-state index in [1.54, 1.807) is 6.92 Å². The molecule has 6 nitrogen and oxygen atoms in total. The summed E-state index contributed by atoms with van der Waals surface area (Å²) in [5.74, 6) is -0.993. The van der Waals surface area contributed by atoms with Gasteiger partial charge in [-0.2, -0.15) is 0 Å². The Bertz CT molecular complexity index is 410. The predicted octanol–water partition coefficient (Wildman–Crippen LogP) is 1.95. The number of hydrogen-bond donors (Lipinski definition) is 1. The SMILES string of the molecule is CCC(Sc1ncccc1[N+](=O)[O-])C(=O)O. The van der Waals surface area contributed by atoms with Gasteiger partial charge in [0.1, 0.15) is 5.25 Å². The Morgan fingerprint density at radius 3 is 2.94 bits per heavy atom. The Balaban J connectivity index is 2.95. The van der Waals surface area contributed by atoms with Gasteiger partial charge in [0.15, 0.2) is 5.03 Å². The molecule has 1 unspecified atom stereocenters. The number of nitrogens with zero attached hydrogens (tertiary/aromatic N) is 2. The van der Waals surface area contributed by atoms with Crippen LogP contribution in [0.5, 0.6) is 0 Å². The second-order valence-electron chi connectivity index (χ2n) is 2.94. The van der Waals surface area contributed by atoms with Gasteiger partial charge >= 0.3 is 11.7 Å². The van der Waals surface area contributed by atoms with Crippen molar-refractivity contribution in [3.8, 4) is 0 Å². The molecule has 0 amide bonds. The van der Waals surface area contributed by atoms with E-state index in [4.69, 9.17) is 5.11 Å². The Morgan fingerprint density at radius 1 is 1.75 bits per heavy atom. The molecule has 1 heterocycles. The Hall–Kier alpha value is -1.63. The maximum atomic E-state index is 10.8. The summed E-state index contributed by atoms with van der Waals surface area (Å²) in [7, 11) is 0. The summed E-state index contributed by atoms with van der Waals surface area (Å²) < 4.78 is 0. The first-order chi connectivity index (χ1) is 7.56. The fraction of sp³-hybridized carbons (Fsp3) is 0.333. The highest BCUT2D eigenvalue weighted by molar-refractivity contribution is 8.00. The van der Waals surface area contributed by atoms with Crippen molar-refractivity contribution >= 4 is 23.4 Å². The number of carbonyl (C=O) groups is 1. The molecule has 0 radical (unpaired) electrons. The molecule has 1 rings (SSSR count). The molecular formula is C9H10N2O4S. The zero-order valence-electron chi connectivity index (χ0n) is 8.49. The van der Waals surface area contributed by atoms with Crippen LogP contribution in [-0.2, 0) is 4.79 Å². The molecule has 0 aromatic carbocycles. The molecule has 0 aliphatic rings. The van der Waals surface area contributed by atoms with Crippen molar-refractivity contribution in [2.45, 2.75) is 23.6 Å². The van der Waals surface area contributed by atoms with Gasteiger partial charge in [0.25, 0.3) is 0 Å². The van der Waals surface area contributed by atoms with E-state index in [1.807, 2.05) is 0 Å². The average molecular weight is 242 g/mol. The maximum absolute atomic E-state index is 10.8. The number of rotatable bonds is 5. The first kappa shape index (κ1) is 12.4. The summed E-state index contributed by atoms with van der Waals surface area (Å²) in [6, 6.07) is 2.76. The molecule has 0 saturated carbocycles. The van der Waals surface area contributed by atoms with Gasteiger partial charge in [-0.05, 0) is 12.5 Å². The van der Waals surface area contributed by atoms with Gasteiger partial charge in [-0.3, -0.25) is 14.9 Å². The molecule has 1 aromatic heterocycles. The molecule has 86 valence electrons. The highest BCUT2D eigenvalue weighted by atomic mass is 32.2. The van der Waals surface area contributed by atoms with Crippen LogP contribution >= 0.6 is 11.8 Å². The monoisotopic (exact) mass is 242 g/mol. The molecule has 1 aromatic rings. The standard InChI is InChI=1S/C9H10N2O4S/c1-2-7(9(12)13)16-8-6(11(14)15)4-3-5-10-8/h3-5,7H,2H2,1H3,(H,12,13).